The minimum Gasteiger partial charge on any atom is -0.457 e. The number of hydrogen-bond donors (Lipinski definition) is 0. The second-order valence-corrected chi connectivity index (χ2v) is 7.88. The number of hydrogen-bond acceptors (Lipinski definition) is 5. The first-order chi connectivity index (χ1) is 16.1. The van der Waals surface area contributed by atoms with Crippen LogP contribution < -0.4 is 4.74 Å². The van der Waals surface area contributed by atoms with Crippen molar-refractivity contribution in [3.63, 3.8) is 0 Å². The molecule has 5 rings (SSSR count). The SMILES string of the molecule is C=CC(=O)N1CCC[C@@H]1Cn1nc(-c2ccc(Oc3ccccc3)cc2F)c2cncnc21. The molecule has 0 radical (unpaired) electrons. The highest BCUT2D eigenvalue weighted by molar-refractivity contribution is 5.91. The van der Waals surface area contributed by atoms with E-state index in [-0.39, 0.29) is 11.9 Å². The van der Waals surface area contributed by atoms with Crippen LogP contribution in [0.3, 0.4) is 0 Å². The third kappa shape index (κ3) is 4.07. The van der Waals surface area contributed by atoms with Crippen LogP contribution in [0.1, 0.15) is 12.8 Å². The lowest BCUT2D eigenvalue weighted by molar-refractivity contribution is -0.127. The predicted molar refractivity (Wildman–Crippen MR) is 122 cm³/mol. The topological polar surface area (TPSA) is 73.1 Å². The maximum absolute atomic E-state index is 15.2. The summed E-state index contributed by atoms with van der Waals surface area (Å²) in [6, 6.07) is 13.9. The fourth-order valence-corrected chi connectivity index (χ4v) is 4.25. The number of rotatable bonds is 6. The number of fused-ring (bicyclic) bond motifs is 1. The van der Waals surface area contributed by atoms with Crippen LogP contribution in [0.25, 0.3) is 22.3 Å². The Hall–Kier alpha value is -4.07. The van der Waals surface area contributed by atoms with Gasteiger partial charge in [0.1, 0.15) is 29.3 Å². The average molecular weight is 443 g/mol. The first-order valence-electron chi connectivity index (χ1n) is 10.8. The predicted octanol–water partition coefficient (Wildman–Crippen LogP) is 4.60. The maximum Gasteiger partial charge on any atom is 0.246 e. The van der Waals surface area contributed by atoms with E-state index in [0.717, 1.165) is 12.8 Å². The summed E-state index contributed by atoms with van der Waals surface area (Å²) in [5.41, 5.74) is 1.38. The standard InChI is InChI=1S/C25H22FN5O2/c1-2-23(32)30-12-6-7-17(30)15-31-25-21(14-27-16-28-25)24(29-31)20-11-10-19(13-22(20)26)33-18-8-4-3-5-9-18/h2-5,8-11,13-14,16-17H,1,6-7,12,15H2/t17-/m1/s1. The minimum atomic E-state index is -0.455. The number of carbonyl (C=O) groups excluding carboxylic acids is 1. The zero-order valence-electron chi connectivity index (χ0n) is 17.9. The van der Waals surface area contributed by atoms with Crippen LogP contribution in [-0.2, 0) is 11.3 Å². The molecule has 1 aliphatic rings. The van der Waals surface area contributed by atoms with Crippen molar-refractivity contribution >= 4 is 16.9 Å². The highest BCUT2D eigenvalue weighted by Crippen LogP contribution is 2.32. The van der Waals surface area contributed by atoms with E-state index in [0.29, 0.717) is 46.9 Å². The van der Waals surface area contributed by atoms with Gasteiger partial charge in [-0.05, 0) is 43.2 Å². The summed E-state index contributed by atoms with van der Waals surface area (Å²) in [4.78, 5) is 22.5. The molecule has 0 spiro atoms. The molecule has 8 heteroatoms. The Labute approximate surface area is 190 Å². The Morgan fingerprint density at radius 3 is 2.85 bits per heavy atom. The van der Waals surface area contributed by atoms with Crippen molar-refractivity contribution < 1.29 is 13.9 Å². The number of benzene rings is 2. The van der Waals surface area contributed by atoms with Gasteiger partial charge in [0.15, 0.2) is 5.65 Å². The van der Waals surface area contributed by atoms with Gasteiger partial charge in [0.25, 0.3) is 0 Å². The summed E-state index contributed by atoms with van der Waals surface area (Å²) in [7, 11) is 0. The second-order valence-electron chi connectivity index (χ2n) is 7.88. The van der Waals surface area contributed by atoms with Gasteiger partial charge in [-0.3, -0.25) is 4.79 Å². The van der Waals surface area contributed by atoms with Gasteiger partial charge in [0, 0.05) is 24.4 Å². The summed E-state index contributed by atoms with van der Waals surface area (Å²) in [5, 5.41) is 5.33. The first kappa shape index (κ1) is 20.8. The quantitative estimate of drug-likeness (QED) is 0.407. The van der Waals surface area contributed by atoms with Gasteiger partial charge in [-0.2, -0.15) is 5.10 Å². The fraction of sp³-hybridized carbons (Fsp3) is 0.200. The van der Waals surface area contributed by atoms with Crippen LogP contribution in [-0.4, -0.2) is 43.1 Å². The molecule has 1 saturated heterocycles. The van der Waals surface area contributed by atoms with Crippen LogP contribution >= 0.6 is 0 Å². The van der Waals surface area contributed by atoms with E-state index < -0.39 is 5.82 Å². The Morgan fingerprint density at radius 1 is 1.21 bits per heavy atom. The molecule has 0 saturated carbocycles. The molecule has 3 heterocycles. The van der Waals surface area contributed by atoms with Crippen molar-refractivity contribution in [3.8, 4) is 22.8 Å². The molecular formula is C25H22FN5O2. The summed E-state index contributed by atoms with van der Waals surface area (Å²) in [5.74, 6) is 0.474. The van der Waals surface area contributed by atoms with Crippen molar-refractivity contribution in [2.75, 3.05) is 6.54 Å². The van der Waals surface area contributed by atoms with Gasteiger partial charge >= 0.3 is 0 Å². The highest BCUT2D eigenvalue weighted by Gasteiger charge is 2.29. The number of likely N-dealkylation sites (tertiary alicyclic amines) is 1. The van der Waals surface area contributed by atoms with Crippen LogP contribution in [0.15, 0.2) is 73.7 Å². The molecule has 1 aliphatic heterocycles. The highest BCUT2D eigenvalue weighted by atomic mass is 19.1. The fourth-order valence-electron chi connectivity index (χ4n) is 4.25. The number of aromatic nitrogens is 4. The van der Waals surface area contributed by atoms with Gasteiger partial charge in [0.2, 0.25) is 5.91 Å². The summed E-state index contributed by atoms with van der Waals surface area (Å²) in [6.45, 7) is 4.75. The van der Waals surface area contributed by atoms with E-state index >= 15 is 4.39 Å². The van der Waals surface area contributed by atoms with E-state index in [1.54, 1.807) is 27.9 Å². The summed E-state index contributed by atoms with van der Waals surface area (Å²) >= 11 is 0. The number of carbonyl (C=O) groups is 1. The van der Waals surface area contributed by atoms with Gasteiger partial charge in [0.05, 0.1) is 18.0 Å². The van der Waals surface area contributed by atoms with Crippen LogP contribution in [0, 0.1) is 5.82 Å². The van der Waals surface area contributed by atoms with Gasteiger partial charge < -0.3 is 9.64 Å². The van der Waals surface area contributed by atoms with E-state index in [2.05, 4.69) is 21.6 Å². The lowest BCUT2D eigenvalue weighted by Crippen LogP contribution is -2.37. The third-order valence-electron chi connectivity index (χ3n) is 5.80. The molecule has 4 aromatic rings. The number of para-hydroxylation sites is 1. The Bertz CT molecular complexity index is 1320. The molecule has 2 aromatic heterocycles. The number of halogens is 1. The molecular weight excluding hydrogens is 421 g/mol. The molecule has 1 amide bonds. The molecule has 2 aromatic carbocycles. The molecule has 0 aliphatic carbocycles. The molecule has 166 valence electrons. The molecule has 33 heavy (non-hydrogen) atoms. The van der Waals surface area contributed by atoms with Crippen LogP contribution in [0.2, 0.25) is 0 Å². The molecule has 1 atom stereocenters. The van der Waals surface area contributed by atoms with E-state index in [9.17, 15) is 4.79 Å². The van der Waals surface area contributed by atoms with Crippen molar-refractivity contribution in [3.05, 3.63) is 79.5 Å². The van der Waals surface area contributed by atoms with Crippen LogP contribution in [0.4, 0.5) is 4.39 Å². The molecule has 0 N–H and O–H groups in total. The van der Waals surface area contributed by atoms with Crippen LogP contribution in [0.5, 0.6) is 11.5 Å². The van der Waals surface area contributed by atoms with Crippen molar-refractivity contribution in [1.29, 1.82) is 0 Å². The van der Waals surface area contributed by atoms with Gasteiger partial charge in [-0.25, -0.2) is 19.0 Å². The number of nitrogens with zero attached hydrogens (tertiary/aromatic N) is 5. The molecule has 7 nitrogen and oxygen atoms in total. The zero-order chi connectivity index (χ0) is 22.8. The lowest BCUT2D eigenvalue weighted by Gasteiger charge is -2.23. The molecule has 0 unspecified atom stereocenters. The summed E-state index contributed by atoms with van der Waals surface area (Å²) < 4.78 is 22.6. The first-order valence-corrected chi connectivity index (χ1v) is 10.8. The Balaban J connectivity index is 1.48. The monoisotopic (exact) mass is 443 g/mol. The van der Waals surface area contributed by atoms with Crippen molar-refractivity contribution in [2.24, 2.45) is 0 Å². The maximum atomic E-state index is 15.2. The van der Waals surface area contributed by atoms with Crippen molar-refractivity contribution in [2.45, 2.75) is 25.4 Å². The number of ether oxygens (including phenoxy) is 1. The Kier molecular flexibility index (Phi) is 5.56. The molecule has 0 bridgehead atoms. The normalized spacial score (nSPS) is 15.7. The Morgan fingerprint density at radius 2 is 2.06 bits per heavy atom. The van der Waals surface area contributed by atoms with E-state index in [1.807, 2.05) is 30.3 Å². The average Bonchev–Trinajstić information content (AvgIpc) is 3.45. The zero-order valence-corrected chi connectivity index (χ0v) is 17.9. The minimum absolute atomic E-state index is 0.0205. The van der Waals surface area contributed by atoms with Gasteiger partial charge in [-0.15, -0.1) is 0 Å². The molecule has 1 fully saturated rings. The summed E-state index contributed by atoms with van der Waals surface area (Å²) in [6.07, 6.45) is 6.20. The number of amides is 1. The van der Waals surface area contributed by atoms with E-state index in [1.165, 1.54) is 18.5 Å². The lowest BCUT2D eigenvalue weighted by atomic mass is 10.1. The van der Waals surface area contributed by atoms with Crippen molar-refractivity contribution in [1.82, 2.24) is 24.6 Å². The van der Waals surface area contributed by atoms with E-state index in [4.69, 9.17) is 4.74 Å². The van der Waals surface area contributed by atoms with Gasteiger partial charge in [-0.1, -0.05) is 24.8 Å². The smallest absolute Gasteiger partial charge is 0.246 e. The second kappa shape index (κ2) is 8.82. The largest absolute Gasteiger partial charge is 0.457 e. The third-order valence-corrected chi connectivity index (χ3v) is 5.80.